The lowest BCUT2D eigenvalue weighted by Gasteiger charge is -2.36. The van der Waals surface area contributed by atoms with Crippen molar-refractivity contribution in [3.05, 3.63) is 11.3 Å². The Bertz CT molecular complexity index is 821. The average Bonchev–Trinajstić information content (AvgIpc) is 3.10. The van der Waals surface area contributed by atoms with Gasteiger partial charge in [-0.15, -0.1) is 0 Å². The number of nitrogens with zero attached hydrogens (tertiary/aromatic N) is 4. The van der Waals surface area contributed by atoms with Gasteiger partial charge in [0.05, 0.1) is 0 Å². The standard InChI is InChI=1S/C21H28F2N4O2/c1-12-5-2-3-8-27(12)20-24-18-13(6-4-7-21(18,22)23)19(25-20)26-10-15-14(9-17(28)29)16(15)11-26/h12,14-16H,2-11H2,1H3,(H,28,29)/t12-,14?,15?,16?/m1/s1. The minimum Gasteiger partial charge on any atom is -0.481 e. The van der Waals surface area contributed by atoms with Crippen molar-refractivity contribution >= 4 is 17.7 Å². The zero-order valence-electron chi connectivity index (χ0n) is 16.8. The van der Waals surface area contributed by atoms with Gasteiger partial charge in [0.15, 0.2) is 0 Å². The summed E-state index contributed by atoms with van der Waals surface area (Å²) in [5, 5.41) is 9.06. The summed E-state index contributed by atoms with van der Waals surface area (Å²) in [7, 11) is 0. The number of aromatic nitrogens is 2. The maximum atomic E-state index is 14.8. The van der Waals surface area contributed by atoms with Crippen LogP contribution in [0.3, 0.4) is 0 Å². The fourth-order valence-corrected chi connectivity index (χ4v) is 5.71. The number of hydrogen-bond donors (Lipinski definition) is 1. The first-order valence-corrected chi connectivity index (χ1v) is 10.9. The Balaban J connectivity index is 1.48. The fraction of sp³-hybridized carbons (Fsp3) is 0.762. The zero-order chi connectivity index (χ0) is 20.3. The van der Waals surface area contributed by atoms with Crippen LogP contribution < -0.4 is 9.80 Å². The van der Waals surface area contributed by atoms with E-state index in [2.05, 4.69) is 21.7 Å². The van der Waals surface area contributed by atoms with Gasteiger partial charge >= 0.3 is 5.97 Å². The van der Waals surface area contributed by atoms with Crippen LogP contribution in [0.25, 0.3) is 0 Å². The Morgan fingerprint density at radius 2 is 1.97 bits per heavy atom. The predicted octanol–water partition coefficient (Wildman–Crippen LogP) is 3.44. The van der Waals surface area contributed by atoms with E-state index in [1.165, 1.54) is 0 Å². The van der Waals surface area contributed by atoms with Gasteiger partial charge in [-0.2, -0.15) is 13.8 Å². The van der Waals surface area contributed by atoms with Crippen LogP contribution in [0.5, 0.6) is 0 Å². The molecule has 2 aliphatic carbocycles. The number of piperidine rings is 2. The highest BCUT2D eigenvalue weighted by Crippen LogP contribution is 2.55. The van der Waals surface area contributed by atoms with E-state index in [1.54, 1.807) is 0 Å². The van der Waals surface area contributed by atoms with Crippen LogP contribution in [0.1, 0.15) is 56.7 Å². The molecule has 0 bridgehead atoms. The van der Waals surface area contributed by atoms with Crippen LogP contribution >= 0.6 is 0 Å². The Kier molecular flexibility index (Phi) is 4.44. The summed E-state index contributed by atoms with van der Waals surface area (Å²) >= 11 is 0. The van der Waals surface area contributed by atoms with Crippen LogP contribution in [0.15, 0.2) is 0 Å². The first-order valence-electron chi connectivity index (χ1n) is 10.9. The van der Waals surface area contributed by atoms with E-state index in [-0.39, 0.29) is 30.5 Å². The first-order chi connectivity index (χ1) is 13.8. The maximum absolute atomic E-state index is 14.8. The number of carboxylic acid groups (broad SMARTS) is 1. The molecule has 5 rings (SSSR count). The highest BCUT2D eigenvalue weighted by molar-refractivity contribution is 5.68. The number of hydrogen-bond acceptors (Lipinski definition) is 5. The molecule has 3 fully saturated rings. The first kappa shape index (κ1) is 19.0. The second-order valence-electron chi connectivity index (χ2n) is 9.26. The molecular formula is C21H28F2N4O2. The number of anilines is 2. The zero-order valence-corrected chi connectivity index (χ0v) is 16.8. The van der Waals surface area contributed by atoms with Crippen molar-refractivity contribution in [3.8, 4) is 0 Å². The van der Waals surface area contributed by atoms with Gasteiger partial charge in [0.25, 0.3) is 5.92 Å². The molecule has 3 heterocycles. The van der Waals surface area contributed by atoms with E-state index in [0.29, 0.717) is 55.1 Å². The fourth-order valence-electron chi connectivity index (χ4n) is 5.71. The van der Waals surface area contributed by atoms with Gasteiger partial charge in [-0.3, -0.25) is 4.79 Å². The van der Waals surface area contributed by atoms with Crippen molar-refractivity contribution in [3.63, 3.8) is 0 Å². The molecule has 29 heavy (non-hydrogen) atoms. The third kappa shape index (κ3) is 3.24. The molecule has 0 radical (unpaired) electrons. The van der Waals surface area contributed by atoms with Crippen LogP contribution in [0.4, 0.5) is 20.5 Å². The molecule has 2 aliphatic heterocycles. The van der Waals surface area contributed by atoms with E-state index in [9.17, 15) is 13.6 Å². The summed E-state index contributed by atoms with van der Waals surface area (Å²) in [4.78, 5) is 24.5. The molecule has 0 amide bonds. The summed E-state index contributed by atoms with van der Waals surface area (Å²) < 4.78 is 29.6. The van der Waals surface area contributed by atoms with Crippen LogP contribution in [-0.4, -0.2) is 46.7 Å². The summed E-state index contributed by atoms with van der Waals surface area (Å²) in [6, 6.07) is 0.249. The molecule has 0 aromatic carbocycles. The normalized spacial score (nSPS) is 32.7. The molecule has 1 aromatic rings. The lowest BCUT2D eigenvalue weighted by molar-refractivity contribution is -0.137. The van der Waals surface area contributed by atoms with Gasteiger partial charge in [-0.1, -0.05) is 0 Å². The van der Waals surface area contributed by atoms with Gasteiger partial charge < -0.3 is 14.9 Å². The number of halogens is 2. The van der Waals surface area contributed by atoms with E-state index < -0.39 is 11.9 Å². The second kappa shape index (κ2) is 6.77. The van der Waals surface area contributed by atoms with Crippen molar-refractivity contribution in [1.29, 1.82) is 0 Å². The minimum atomic E-state index is -2.91. The quantitative estimate of drug-likeness (QED) is 0.826. The lowest BCUT2D eigenvalue weighted by atomic mass is 9.92. The Labute approximate surface area is 169 Å². The molecule has 4 aliphatic rings. The average molecular weight is 406 g/mol. The van der Waals surface area contributed by atoms with E-state index in [0.717, 1.165) is 25.8 Å². The van der Waals surface area contributed by atoms with Crippen LogP contribution in [0, 0.1) is 17.8 Å². The van der Waals surface area contributed by atoms with E-state index in [4.69, 9.17) is 10.1 Å². The number of fused-ring (bicyclic) bond motifs is 2. The van der Waals surface area contributed by atoms with Gasteiger partial charge in [-0.25, -0.2) is 4.98 Å². The predicted molar refractivity (Wildman–Crippen MR) is 104 cm³/mol. The third-order valence-electron chi connectivity index (χ3n) is 7.38. The molecule has 2 unspecified atom stereocenters. The number of rotatable bonds is 4. The summed E-state index contributed by atoms with van der Waals surface area (Å²) in [6.45, 7) is 4.34. The van der Waals surface area contributed by atoms with E-state index in [1.807, 2.05) is 0 Å². The van der Waals surface area contributed by atoms with Crippen molar-refractivity contribution in [2.45, 2.75) is 63.8 Å². The topological polar surface area (TPSA) is 69.6 Å². The van der Waals surface area contributed by atoms with Gasteiger partial charge in [0.2, 0.25) is 5.95 Å². The number of aliphatic carboxylic acids is 1. The minimum absolute atomic E-state index is 0.0795. The molecule has 2 saturated heterocycles. The molecular weight excluding hydrogens is 378 g/mol. The van der Waals surface area contributed by atoms with Crippen LogP contribution in [-0.2, 0) is 17.1 Å². The highest BCUT2D eigenvalue weighted by atomic mass is 19.3. The maximum Gasteiger partial charge on any atom is 0.303 e. The van der Waals surface area contributed by atoms with Gasteiger partial charge in [-0.05, 0) is 56.8 Å². The SMILES string of the molecule is C[C@@H]1CCCCN1c1nc(N2CC3C(CC(=O)O)C3C2)c2c(n1)C(F)(F)CCC2. The van der Waals surface area contributed by atoms with Crippen molar-refractivity contribution in [2.75, 3.05) is 29.4 Å². The molecule has 8 heteroatoms. The molecule has 1 saturated carbocycles. The Hall–Kier alpha value is -1.99. The molecule has 6 nitrogen and oxygen atoms in total. The molecule has 3 atom stereocenters. The van der Waals surface area contributed by atoms with Crippen molar-refractivity contribution < 1.29 is 18.7 Å². The molecule has 1 aromatic heterocycles. The molecule has 158 valence electrons. The largest absolute Gasteiger partial charge is 0.481 e. The number of alkyl halides is 2. The van der Waals surface area contributed by atoms with Crippen LogP contribution in [0.2, 0.25) is 0 Å². The van der Waals surface area contributed by atoms with E-state index >= 15 is 0 Å². The highest BCUT2D eigenvalue weighted by Gasteiger charge is 2.57. The van der Waals surface area contributed by atoms with Gasteiger partial charge in [0, 0.05) is 44.1 Å². The third-order valence-corrected chi connectivity index (χ3v) is 7.38. The number of carboxylic acids is 1. The lowest BCUT2D eigenvalue weighted by Crippen LogP contribution is -2.40. The monoisotopic (exact) mass is 406 g/mol. The summed E-state index contributed by atoms with van der Waals surface area (Å²) in [5.41, 5.74) is 0.523. The number of carbonyl (C=O) groups is 1. The Morgan fingerprint density at radius 3 is 2.66 bits per heavy atom. The molecule has 0 spiro atoms. The smallest absolute Gasteiger partial charge is 0.303 e. The summed E-state index contributed by atoms with van der Waals surface area (Å²) in [6.07, 6.45) is 4.28. The Morgan fingerprint density at radius 1 is 1.21 bits per heavy atom. The van der Waals surface area contributed by atoms with Crippen molar-refractivity contribution in [1.82, 2.24) is 9.97 Å². The van der Waals surface area contributed by atoms with Gasteiger partial charge in [0.1, 0.15) is 11.5 Å². The summed E-state index contributed by atoms with van der Waals surface area (Å²) in [5.74, 6) is -1.64. The second-order valence-corrected chi connectivity index (χ2v) is 9.26. The van der Waals surface area contributed by atoms with Crippen molar-refractivity contribution in [2.24, 2.45) is 17.8 Å². The molecule has 1 N–H and O–H groups in total.